The minimum absolute atomic E-state index is 0.000158. The quantitative estimate of drug-likeness (QED) is 0.661. The lowest BCUT2D eigenvalue weighted by molar-refractivity contribution is -0.385. The van der Waals surface area contributed by atoms with Crippen LogP contribution >= 0.6 is 27.3 Å². The highest BCUT2D eigenvalue weighted by Crippen LogP contribution is 2.32. The van der Waals surface area contributed by atoms with E-state index < -0.39 is 4.92 Å². The number of halogens is 1. The highest BCUT2D eigenvalue weighted by molar-refractivity contribution is 9.10. The van der Waals surface area contributed by atoms with Crippen LogP contribution in [-0.2, 0) is 0 Å². The predicted molar refractivity (Wildman–Crippen MR) is 82.2 cm³/mol. The minimum atomic E-state index is -0.440. The van der Waals surface area contributed by atoms with Crippen LogP contribution < -0.4 is 5.32 Å². The molecule has 1 N–H and O–H groups in total. The van der Waals surface area contributed by atoms with Gasteiger partial charge in [0.25, 0.3) is 5.69 Å². The summed E-state index contributed by atoms with van der Waals surface area (Å²) in [7, 11) is 0. The summed E-state index contributed by atoms with van der Waals surface area (Å²) in [6.07, 6.45) is 1.27. The summed E-state index contributed by atoms with van der Waals surface area (Å²) < 4.78 is 0.604. The summed E-state index contributed by atoms with van der Waals surface area (Å²) in [5.41, 5.74) is 1.53. The van der Waals surface area contributed by atoms with E-state index in [9.17, 15) is 10.1 Å². The molecule has 2 aromatic rings. The van der Waals surface area contributed by atoms with Gasteiger partial charge in [0.2, 0.25) is 0 Å². The van der Waals surface area contributed by atoms with Gasteiger partial charge in [0.1, 0.15) is 17.0 Å². The lowest BCUT2D eigenvalue weighted by Gasteiger charge is -2.14. The fourth-order valence-electron chi connectivity index (χ4n) is 1.69. The molecule has 1 atom stereocenters. The highest BCUT2D eigenvalue weighted by atomic mass is 79.9. The molecule has 2 aromatic heterocycles. The van der Waals surface area contributed by atoms with Crippen molar-refractivity contribution in [2.75, 3.05) is 5.32 Å². The van der Waals surface area contributed by atoms with Crippen molar-refractivity contribution in [3.8, 4) is 0 Å². The second-order valence-corrected chi connectivity index (χ2v) is 6.06. The Hall–Kier alpha value is -1.54. The molecule has 0 aliphatic heterocycles. The van der Waals surface area contributed by atoms with Crippen LogP contribution in [0.4, 0.5) is 11.5 Å². The number of anilines is 1. The van der Waals surface area contributed by atoms with E-state index in [1.165, 1.54) is 6.20 Å². The molecule has 8 heteroatoms. The largest absolute Gasteiger partial charge is 0.360 e. The van der Waals surface area contributed by atoms with Gasteiger partial charge in [0.05, 0.1) is 15.4 Å². The van der Waals surface area contributed by atoms with Gasteiger partial charge < -0.3 is 5.32 Å². The Morgan fingerprint density at radius 2 is 2.20 bits per heavy atom. The van der Waals surface area contributed by atoms with Crippen molar-refractivity contribution >= 4 is 38.8 Å². The second kappa shape index (κ2) is 5.84. The Balaban J connectivity index is 2.26. The number of hydrogen-bond donors (Lipinski definition) is 1. The number of nitro groups is 1. The standard InChI is InChI=1S/C12H13BrN4O2S/c1-6-5-20-12(15-6)8(3)16-11-10(13)7(2)9(4-14-11)17(18)19/h4-5,8H,1-3H3,(H,14,16). The molecule has 2 heterocycles. The van der Waals surface area contributed by atoms with Gasteiger partial charge in [-0.25, -0.2) is 9.97 Å². The van der Waals surface area contributed by atoms with Crippen LogP contribution in [0.15, 0.2) is 16.0 Å². The van der Waals surface area contributed by atoms with Gasteiger partial charge in [-0.1, -0.05) is 0 Å². The SMILES string of the molecule is Cc1csc(C(C)Nc2ncc([N+](=O)[O-])c(C)c2Br)n1. The maximum absolute atomic E-state index is 10.8. The summed E-state index contributed by atoms with van der Waals surface area (Å²) in [6.45, 7) is 5.60. The maximum atomic E-state index is 10.8. The summed E-state index contributed by atoms with van der Waals surface area (Å²) >= 11 is 4.93. The van der Waals surface area contributed by atoms with Crippen LogP contribution in [0, 0.1) is 24.0 Å². The summed E-state index contributed by atoms with van der Waals surface area (Å²) in [4.78, 5) is 18.9. The molecule has 106 valence electrons. The van der Waals surface area contributed by atoms with E-state index in [0.717, 1.165) is 10.7 Å². The van der Waals surface area contributed by atoms with Crippen LogP contribution in [0.2, 0.25) is 0 Å². The Morgan fingerprint density at radius 3 is 2.75 bits per heavy atom. The average molecular weight is 357 g/mol. The molecule has 0 aliphatic rings. The van der Waals surface area contributed by atoms with Gasteiger partial charge in [0, 0.05) is 16.6 Å². The fourth-order valence-corrected chi connectivity index (χ4v) is 2.92. The van der Waals surface area contributed by atoms with E-state index in [-0.39, 0.29) is 11.7 Å². The second-order valence-electron chi connectivity index (χ2n) is 4.38. The van der Waals surface area contributed by atoms with Gasteiger partial charge in [0.15, 0.2) is 0 Å². The molecule has 0 radical (unpaired) electrons. The third-order valence-corrected chi connectivity index (χ3v) is 4.91. The lowest BCUT2D eigenvalue weighted by atomic mass is 10.2. The first-order valence-electron chi connectivity index (χ1n) is 5.88. The monoisotopic (exact) mass is 356 g/mol. The number of nitrogens with one attached hydrogen (secondary N) is 1. The molecule has 2 rings (SSSR count). The van der Waals surface area contributed by atoms with Crippen molar-refractivity contribution in [1.82, 2.24) is 9.97 Å². The zero-order valence-electron chi connectivity index (χ0n) is 11.2. The van der Waals surface area contributed by atoms with E-state index in [0.29, 0.717) is 15.9 Å². The summed E-state index contributed by atoms with van der Waals surface area (Å²) in [5, 5.41) is 17.0. The average Bonchev–Trinajstić information content (AvgIpc) is 2.81. The predicted octanol–water partition coefficient (Wildman–Crippen LogP) is 4.00. The maximum Gasteiger partial charge on any atom is 0.291 e. The number of aryl methyl sites for hydroxylation is 1. The van der Waals surface area contributed by atoms with Gasteiger partial charge in [-0.2, -0.15) is 0 Å². The first kappa shape index (κ1) is 14.9. The van der Waals surface area contributed by atoms with Crippen molar-refractivity contribution in [3.63, 3.8) is 0 Å². The van der Waals surface area contributed by atoms with Crippen LogP contribution in [-0.4, -0.2) is 14.9 Å². The normalized spacial score (nSPS) is 12.2. The molecule has 0 fully saturated rings. The zero-order chi connectivity index (χ0) is 14.9. The molecule has 6 nitrogen and oxygen atoms in total. The molecule has 20 heavy (non-hydrogen) atoms. The number of aromatic nitrogens is 2. The first-order chi connectivity index (χ1) is 9.40. The van der Waals surface area contributed by atoms with E-state index in [1.54, 1.807) is 18.3 Å². The van der Waals surface area contributed by atoms with Crippen molar-refractivity contribution in [3.05, 3.63) is 42.4 Å². The van der Waals surface area contributed by atoms with Crippen LogP contribution in [0.25, 0.3) is 0 Å². The molecule has 0 spiro atoms. The summed E-state index contributed by atoms with van der Waals surface area (Å²) in [6, 6.07) is -0.0154. The number of rotatable bonds is 4. The van der Waals surface area contributed by atoms with Crippen molar-refractivity contribution in [2.45, 2.75) is 26.8 Å². The Kier molecular flexibility index (Phi) is 4.34. The molecule has 0 saturated heterocycles. The summed E-state index contributed by atoms with van der Waals surface area (Å²) in [5.74, 6) is 0.577. The van der Waals surface area contributed by atoms with Crippen molar-refractivity contribution in [1.29, 1.82) is 0 Å². The minimum Gasteiger partial charge on any atom is -0.360 e. The van der Waals surface area contributed by atoms with E-state index >= 15 is 0 Å². The molecule has 0 saturated carbocycles. The smallest absolute Gasteiger partial charge is 0.291 e. The molecule has 0 aliphatic carbocycles. The van der Waals surface area contributed by atoms with Gasteiger partial charge in [-0.15, -0.1) is 11.3 Å². The van der Waals surface area contributed by atoms with E-state index in [1.807, 2.05) is 19.2 Å². The van der Waals surface area contributed by atoms with Gasteiger partial charge in [-0.05, 0) is 36.7 Å². The highest BCUT2D eigenvalue weighted by Gasteiger charge is 2.19. The first-order valence-corrected chi connectivity index (χ1v) is 7.55. The molecule has 0 aromatic carbocycles. The number of thiazole rings is 1. The fraction of sp³-hybridized carbons (Fsp3) is 0.333. The lowest BCUT2D eigenvalue weighted by Crippen LogP contribution is -2.09. The third-order valence-electron chi connectivity index (χ3n) is 2.79. The van der Waals surface area contributed by atoms with E-state index in [2.05, 4.69) is 31.2 Å². The molecular formula is C12H13BrN4O2S. The topological polar surface area (TPSA) is 81.0 Å². The van der Waals surface area contributed by atoms with Crippen LogP contribution in [0.1, 0.15) is 29.2 Å². The van der Waals surface area contributed by atoms with Crippen LogP contribution in [0.3, 0.4) is 0 Å². The van der Waals surface area contributed by atoms with Gasteiger partial charge in [-0.3, -0.25) is 10.1 Å². The van der Waals surface area contributed by atoms with E-state index in [4.69, 9.17) is 0 Å². The zero-order valence-corrected chi connectivity index (χ0v) is 13.6. The Labute approximate surface area is 128 Å². The molecule has 0 bridgehead atoms. The van der Waals surface area contributed by atoms with Gasteiger partial charge >= 0.3 is 0 Å². The number of nitrogens with zero attached hydrogens (tertiary/aromatic N) is 3. The number of pyridine rings is 1. The molecule has 1 unspecified atom stereocenters. The molecule has 0 amide bonds. The Morgan fingerprint density at radius 1 is 1.50 bits per heavy atom. The number of hydrogen-bond acceptors (Lipinski definition) is 6. The molecular weight excluding hydrogens is 344 g/mol. The van der Waals surface area contributed by atoms with Crippen molar-refractivity contribution in [2.24, 2.45) is 0 Å². The van der Waals surface area contributed by atoms with Crippen molar-refractivity contribution < 1.29 is 4.92 Å². The van der Waals surface area contributed by atoms with Crippen LogP contribution in [0.5, 0.6) is 0 Å². The Bertz CT molecular complexity index is 659. The third kappa shape index (κ3) is 2.96.